The molecular formula is C8H11IN2. The molecule has 0 fully saturated rings. The molecule has 0 saturated carbocycles. The molecule has 1 rings (SSSR count). The number of hydrogen-bond donors (Lipinski definition) is 1. The molecule has 1 atom stereocenters. The number of rotatable bonds is 2. The van der Waals surface area contributed by atoms with Crippen molar-refractivity contribution in [1.29, 1.82) is 0 Å². The third kappa shape index (κ3) is 2.41. The molecule has 0 aliphatic rings. The van der Waals surface area contributed by atoms with Gasteiger partial charge in [-0.25, -0.2) is 0 Å². The van der Waals surface area contributed by atoms with Crippen LogP contribution in [0.15, 0.2) is 18.3 Å². The Labute approximate surface area is 80.6 Å². The number of nitrogens with one attached hydrogen (secondary N) is 1. The minimum Gasteiger partial charge on any atom is -0.312 e. The van der Waals surface area contributed by atoms with E-state index in [0.29, 0.717) is 6.04 Å². The van der Waals surface area contributed by atoms with E-state index in [4.69, 9.17) is 0 Å². The standard InChI is InChI=1S/C8H11IN2/c1-6(10-2)8-5-7(9)3-4-11-8/h3-6,10H,1-2H3/t6-/m1/s1. The number of halogens is 1. The lowest BCUT2D eigenvalue weighted by molar-refractivity contribution is 0.632. The van der Waals surface area contributed by atoms with E-state index in [1.807, 2.05) is 19.3 Å². The van der Waals surface area contributed by atoms with Gasteiger partial charge in [0.15, 0.2) is 0 Å². The van der Waals surface area contributed by atoms with Gasteiger partial charge in [-0.3, -0.25) is 4.98 Å². The number of aromatic nitrogens is 1. The highest BCUT2D eigenvalue weighted by Crippen LogP contribution is 2.11. The molecule has 2 nitrogen and oxygen atoms in total. The normalized spacial score (nSPS) is 13.0. The number of hydrogen-bond acceptors (Lipinski definition) is 2. The molecule has 1 N–H and O–H groups in total. The quantitative estimate of drug-likeness (QED) is 0.824. The van der Waals surface area contributed by atoms with Crippen molar-refractivity contribution in [3.8, 4) is 0 Å². The molecule has 0 spiro atoms. The fourth-order valence-corrected chi connectivity index (χ4v) is 1.29. The van der Waals surface area contributed by atoms with Gasteiger partial charge in [0.2, 0.25) is 0 Å². The third-order valence-electron chi connectivity index (χ3n) is 1.62. The summed E-state index contributed by atoms with van der Waals surface area (Å²) in [6.07, 6.45) is 1.84. The van der Waals surface area contributed by atoms with Crippen LogP contribution in [0.2, 0.25) is 0 Å². The summed E-state index contributed by atoms with van der Waals surface area (Å²) in [5.74, 6) is 0. The molecule has 0 saturated heterocycles. The zero-order valence-electron chi connectivity index (χ0n) is 6.63. The van der Waals surface area contributed by atoms with Gasteiger partial charge < -0.3 is 5.32 Å². The van der Waals surface area contributed by atoms with Crippen molar-refractivity contribution < 1.29 is 0 Å². The summed E-state index contributed by atoms with van der Waals surface area (Å²) in [6, 6.07) is 4.42. The summed E-state index contributed by atoms with van der Waals surface area (Å²) in [4.78, 5) is 4.24. The van der Waals surface area contributed by atoms with E-state index in [1.165, 1.54) is 3.57 Å². The van der Waals surface area contributed by atoms with Crippen LogP contribution in [0, 0.1) is 3.57 Å². The third-order valence-corrected chi connectivity index (χ3v) is 2.29. The molecule has 0 bridgehead atoms. The Morgan fingerprint density at radius 3 is 2.91 bits per heavy atom. The summed E-state index contributed by atoms with van der Waals surface area (Å²) < 4.78 is 1.23. The molecule has 1 heterocycles. The van der Waals surface area contributed by atoms with Gasteiger partial charge in [-0.05, 0) is 48.7 Å². The van der Waals surface area contributed by atoms with Crippen LogP contribution in [0.4, 0.5) is 0 Å². The minimum atomic E-state index is 0.338. The SMILES string of the molecule is CN[C@H](C)c1cc(I)ccn1. The van der Waals surface area contributed by atoms with Crippen LogP contribution in [-0.4, -0.2) is 12.0 Å². The summed E-state index contributed by atoms with van der Waals surface area (Å²) in [7, 11) is 1.94. The molecule has 0 aliphatic carbocycles. The van der Waals surface area contributed by atoms with Gasteiger partial charge in [-0.1, -0.05) is 0 Å². The molecule has 0 amide bonds. The monoisotopic (exact) mass is 262 g/mol. The summed E-state index contributed by atoms with van der Waals surface area (Å²) in [5, 5.41) is 3.14. The molecule has 1 aromatic heterocycles. The van der Waals surface area contributed by atoms with Crippen LogP contribution in [0.5, 0.6) is 0 Å². The van der Waals surface area contributed by atoms with Gasteiger partial charge in [0.25, 0.3) is 0 Å². The Bertz CT molecular complexity index is 237. The van der Waals surface area contributed by atoms with Crippen molar-refractivity contribution in [3.05, 3.63) is 27.6 Å². The maximum atomic E-state index is 4.24. The largest absolute Gasteiger partial charge is 0.312 e. The van der Waals surface area contributed by atoms with Crippen molar-refractivity contribution in [1.82, 2.24) is 10.3 Å². The highest BCUT2D eigenvalue weighted by molar-refractivity contribution is 14.1. The molecule has 0 aromatic carbocycles. The molecule has 1 aromatic rings. The second-order valence-corrected chi connectivity index (χ2v) is 3.65. The predicted molar refractivity (Wildman–Crippen MR) is 54.4 cm³/mol. The van der Waals surface area contributed by atoms with E-state index >= 15 is 0 Å². The average molecular weight is 262 g/mol. The summed E-state index contributed by atoms with van der Waals surface area (Å²) in [5.41, 5.74) is 1.10. The second kappa shape index (κ2) is 4.01. The molecular weight excluding hydrogens is 251 g/mol. The first kappa shape index (κ1) is 8.93. The van der Waals surface area contributed by atoms with Crippen LogP contribution in [-0.2, 0) is 0 Å². The van der Waals surface area contributed by atoms with Gasteiger partial charge in [-0.2, -0.15) is 0 Å². The zero-order chi connectivity index (χ0) is 8.27. The van der Waals surface area contributed by atoms with Crippen LogP contribution in [0.1, 0.15) is 18.7 Å². The van der Waals surface area contributed by atoms with Crippen molar-refractivity contribution in [2.24, 2.45) is 0 Å². The minimum absolute atomic E-state index is 0.338. The molecule has 3 heteroatoms. The Morgan fingerprint density at radius 1 is 1.64 bits per heavy atom. The fourth-order valence-electron chi connectivity index (χ4n) is 0.806. The number of nitrogens with zero attached hydrogens (tertiary/aromatic N) is 1. The van der Waals surface area contributed by atoms with E-state index in [9.17, 15) is 0 Å². The second-order valence-electron chi connectivity index (χ2n) is 2.41. The lowest BCUT2D eigenvalue weighted by Crippen LogP contribution is -2.13. The predicted octanol–water partition coefficient (Wildman–Crippen LogP) is 1.97. The topological polar surface area (TPSA) is 24.9 Å². The van der Waals surface area contributed by atoms with Gasteiger partial charge in [0.05, 0.1) is 5.69 Å². The molecule has 0 radical (unpaired) electrons. The lowest BCUT2D eigenvalue weighted by Gasteiger charge is -2.08. The van der Waals surface area contributed by atoms with Gasteiger partial charge in [0.1, 0.15) is 0 Å². The zero-order valence-corrected chi connectivity index (χ0v) is 8.79. The van der Waals surface area contributed by atoms with E-state index in [1.54, 1.807) is 0 Å². The fraction of sp³-hybridized carbons (Fsp3) is 0.375. The molecule has 60 valence electrons. The highest BCUT2D eigenvalue weighted by atomic mass is 127. The van der Waals surface area contributed by atoms with Gasteiger partial charge in [-0.15, -0.1) is 0 Å². The smallest absolute Gasteiger partial charge is 0.0580 e. The summed E-state index contributed by atoms with van der Waals surface area (Å²) >= 11 is 2.29. The first-order valence-corrected chi connectivity index (χ1v) is 4.60. The lowest BCUT2D eigenvalue weighted by atomic mass is 10.2. The van der Waals surface area contributed by atoms with Gasteiger partial charge >= 0.3 is 0 Å². The van der Waals surface area contributed by atoms with Crippen molar-refractivity contribution in [2.45, 2.75) is 13.0 Å². The van der Waals surface area contributed by atoms with E-state index in [0.717, 1.165) is 5.69 Å². The Morgan fingerprint density at radius 2 is 2.36 bits per heavy atom. The Balaban J connectivity index is 2.86. The molecule has 0 unspecified atom stereocenters. The highest BCUT2D eigenvalue weighted by Gasteiger charge is 2.02. The van der Waals surface area contributed by atoms with Crippen LogP contribution in [0.3, 0.4) is 0 Å². The van der Waals surface area contributed by atoms with Crippen molar-refractivity contribution in [3.63, 3.8) is 0 Å². The Hall–Kier alpha value is -0.160. The van der Waals surface area contributed by atoms with Crippen LogP contribution in [0.25, 0.3) is 0 Å². The molecule has 0 aliphatic heterocycles. The van der Waals surface area contributed by atoms with Crippen LogP contribution < -0.4 is 5.32 Å². The first-order chi connectivity index (χ1) is 5.24. The van der Waals surface area contributed by atoms with Crippen LogP contribution >= 0.6 is 22.6 Å². The maximum absolute atomic E-state index is 4.24. The maximum Gasteiger partial charge on any atom is 0.0580 e. The molecule has 11 heavy (non-hydrogen) atoms. The van der Waals surface area contributed by atoms with Gasteiger partial charge in [0, 0.05) is 15.8 Å². The summed E-state index contributed by atoms with van der Waals surface area (Å²) in [6.45, 7) is 2.10. The average Bonchev–Trinajstić information content (AvgIpc) is 2.03. The number of pyridine rings is 1. The van der Waals surface area contributed by atoms with E-state index in [-0.39, 0.29) is 0 Å². The first-order valence-electron chi connectivity index (χ1n) is 3.52. The van der Waals surface area contributed by atoms with Crippen molar-refractivity contribution >= 4 is 22.6 Å². The van der Waals surface area contributed by atoms with Crippen molar-refractivity contribution in [2.75, 3.05) is 7.05 Å². The van der Waals surface area contributed by atoms with E-state index in [2.05, 4.69) is 45.9 Å². The van der Waals surface area contributed by atoms with E-state index < -0.39 is 0 Å². The Kier molecular flexibility index (Phi) is 3.26.